The molecule has 94 valence electrons. The van der Waals surface area contributed by atoms with Crippen LogP contribution in [0.3, 0.4) is 0 Å². The van der Waals surface area contributed by atoms with Crippen LogP contribution in [0.25, 0.3) is 0 Å². The van der Waals surface area contributed by atoms with Crippen LogP contribution in [0.2, 0.25) is 0 Å². The molecule has 0 aromatic heterocycles. The summed E-state index contributed by atoms with van der Waals surface area (Å²) in [5, 5.41) is 0. The molecule has 0 amide bonds. The van der Waals surface area contributed by atoms with Gasteiger partial charge in [0, 0.05) is 10.0 Å². The van der Waals surface area contributed by atoms with Crippen LogP contribution in [0.1, 0.15) is 28.8 Å². The Bertz CT molecular complexity index is 421. The maximum atomic E-state index is 11.0. The SMILES string of the molecule is COc1c(C=O)cc(Br)c(C(C)CN)c1OC. The summed E-state index contributed by atoms with van der Waals surface area (Å²) in [7, 11) is 3.06. The smallest absolute Gasteiger partial charge is 0.171 e. The first-order valence-corrected chi connectivity index (χ1v) is 5.99. The molecule has 1 unspecified atom stereocenters. The Morgan fingerprint density at radius 2 is 2.00 bits per heavy atom. The average Bonchev–Trinajstić information content (AvgIpc) is 2.36. The molecule has 0 radical (unpaired) electrons. The zero-order valence-electron chi connectivity index (χ0n) is 10.1. The average molecular weight is 302 g/mol. The summed E-state index contributed by atoms with van der Waals surface area (Å²) in [6, 6.07) is 1.72. The Morgan fingerprint density at radius 1 is 1.41 bits per heavy atom. The lowest BCUT2D eigenvalue weighted by molar-refractivity contribution is 0.112. The van der Waals surface area contributed by atoms with Crippen molar-refractivity contribution >= 4 is 22.2 Å². The molecule has 2 N–H and O–H groups in total. The van der Waals surface area contributed by atoms with Gasteiger partial charge in [-0.25, -0.2) is 0 Å². The molecule has 0 heterocycles. The van der Waals surface area contributed by atoms with Crippen LogP contribution in [-0.2, 0) is 0 Å². The van der Waals surface area contributed by atoms with Gasteiger partial charge in [-0.1, -0.05) is 22.9 Å². The van der Waals surface area contributed by atoms with Gasteiger partial charge < -0.3 is 15.2 Å². The van der Waals surface area contributed by atoms with E-state index < -0.39 is 0 Å². The molecule has 0 aliphatic heterocycles. The van der Waals surface area contributed by atoms with E-state index in [9.17, 15) is 4.79 Å². The molecule has 17 heavy (non-hydrogen) atoms. The Hall–Kier alpha value is -1.07. The molecular formula is C12H16BrNO3. The van der Waals surface area contributed by atoms with Crippen LogP contribution in [0, 0.1) is 0 Å². The molecule has 1 atom stereocenters. The van der Waals surface area contributed by atoms with Crippen LogP contribution in [0.4, 0.5) is 0 Å². The highest BCUT2D eigenvalue weighted by Gasteiger charge is 2.21. The number of carbonyl (C=O) groups excluding carboxylic acids is 1. The minimum Gasteiger partial charge on any atom is -0.492 e. The molecule has 4 nitrogen and oxygen atoms in total. The molecule has 0 saturated heterocycles. The summed E-state index contributed by atoms with van der Waals surface area (Å²) in [6.45, 7) is 2.47. The summed E-state index contributed by atoms with van der Waals surface area (Å²) >= 11 is 3.43. The van der Waals surface area contributed by atoms with Gasteiger partial charge in [-0.15, -0.1) is 0 Å². The second kappa shape index (κ2) is 6.02. The number of ether oxygens (including phenoxy) is 2. The van der Waals surface area contributed by atoms with E-state index in [-0.39, 0.29) is 5.92 Å². The predicted molar refractivity (Wildman–Crippen MR) is 70.1 cm³/mol. The summed E-state index contributed by atoms with van der Waals surface area (Å²) in [5.74, 6) is 1.11. The number of nitrogens with two attached hydrogens (primary N) is 1. The van der Waals surface area contributed by atoms with Gasteiger partial charge in [0.15, 0.2) is 17.8 Å². The monoisotopic (exact) mass is 301 g/mol. The Balaban J connectivity index is 3.54. The van der Waals surface area contributed by atoms with Crippen LogP contribution in [-0.4, -0.2) is 27.1 Å². The van der Waals surface area contributed by atoms with E-state index in [0.29, 0.717) is 23.6 Å². The second-order valence-corrected chi connectivity index (χ2v) is 4.54. The van der Waals surface area contributed by atoms with E-state index in [2.05, 4.69) is 15.9 Å². The number of methoxy groups -OCH3 is 2. The van der Waals surface area contributed by atoms with Crippen molar-refractivity contribution in [3.05, 3.63) is 21.7 Å². The first kappa shape index (κ1) is 14.0. The van der Waals surface area contributed by atoms with Crippen LogP contribution >= 0.6 is 15.9 Å². The molecule has 0 spiro atoms. The lowest BCUT2D eigenvalue weighted by atomic mass is 9.98. The number of halogens is 1. The van der Waals surface area contributed by atoms with Gasteiger partial charge in [-0.05, 0) is 18.5 Å². The fraction of sp³-hybridized carbons (Fsp3) is 0.417. The normalized spacial score (nSPS) is 12.1. The maximum absolute atomic E-state index is 11.0. The van der Waals surface area contributed by atoms with Gasteiger partial charge in [-0.2, -0.15) is 0 Å². The van der Waals surface area contributed by atoms with Crippen molar-refractivity contribution < 1.29 is 14.3 Å². The van der Waals surface area contributed by atoms with Gasteiger partial charge in [-0.3, -0.25) is 4.79 Å². The van der Waals surface area contributed by atoms with Gasteiger partial charge in [0.2, 0.25) is 0 Å². The third-order valence-corrected chi connectivity index (χ3v) is 3.29. The minimum absolute atomic E-state index is 0.105. The number of carbonyl (C=O) groups is 1. The molecule has 0 saturated carbocycles. The zero-order valence-corrected chi connectivity index (χ0v) is 11.7. The third kappa shape index (κ3) is 2.61. The van der Waals surface area contributed by atoms with E-state index in [4.69, 9.17) is 15.2 Å². The van der Waals surface area contributed by atoms with E-state index in [1.165, 1.54) is 7.11 Å². The van der Waals surface area contributed by atoms with Crippen molar-refractivity contribution in [2.24, 2.45) is 5.73 Å². The molecule has 1 aromatic rings. The Labute approximate surface area is 109 Å². The summed E-state index contributed by atoms with van der Waals surface area (Å²) in [4.78, 5) is 11.0. The standard InChI is InChI=1S/C12H16BrNO3/c1-7(5-14)10-9(13)4-8(6-15)11(16-2)12(10)17-3/h4,6-7H,5,14H2,1-3H3. The molecule has 0 bridgehead atoms. The van der Waals surface area contributed by atoms with Crippen LogP contribution < -0.4 is 15.2 Å². The van der Waals surface area contributed by atoms with Gasteiger partial charge in [0.25, 0.3) is 0 Å². The van der Waals surface area contributed by atoms with Gasteiger partial charge in [0.1, 0.15) is 0 Å². The largest absolute Gasteiger partial charge is 0.492 e. The topological polar surface area (TPSA) is 61.5 Å². The summed E-state index contributed by atoms with van der Waals surface area (Å²) < 4.78 is 11.4. The summed E-state index contributed by atoms with van der Waals surface area (Å²) in [6.07, 6.45) is 0.739. The molecule has 1 aromatic carbocycles. The van der Waals surface area contributed by atoms with Gasteiger partial charge in [0.05, 0.1) is 19.8 Å². The van der Waals surface area contributed by atoms with E-state index >= 15 is 0 Å². The van der Waals surface area contributed by atoms with Crippen molar-refractivity contribution in [1.29, 1.82) is 0 Å². The molecule has 0 aliphatic carbocycles. The molecular weight excluding hydrogens is 286 g/mol. The van der Waals surface area contributed by atoms with E-state index in [0.717, 1.165) is 16.3 Å². The lowest BCUT2D eigenvalue weighted by Crippen LogP contribution is -2.12. The number of hydrogen-bond donors (Lipinski definition) is 1. The first-order chi connectivity index (χ1) is 8.10. The minimum atomic E-state index is 0.105. The number of benzene rings is 1. The van der Waals surface area contributed by atoms with Gasteiger partial charge >= 0.3 is 0 Å². The highest BCUT2D eigenvalue weighted by molar-refractivity contribution is 9.10. The van der Waals surface area contributed by atoms with E-state index in [1.807, 2.05) is 6.92 Å². The number of aldehydes is 1. The first-order valence-electron chi connectivity index (χ1n) is 5.20. The molecule has 0 fully saturated rings. The van der Waals surface area contributed by atoms with Crippen molar-refractivity contribution in [1.82, 2.24) is 0 Å². The molecule has 5 heteroatoms. The van der Waals surface area contributed by atoms with Crippen LogP contribution in [0.15, 0.2) is 10.5 Å². The van der Waals surface area contributed by atoms with Crippen LogP contribution in [0.5, 0.6) is 11.5 Å². The molecule has 0 aliphatic rings. The highest BCUT2D eigenvalue weighted by atomic mass is 79.9. The molecule has 1 rings (SSSR count). The fourth-order valence-corrected chi connectivity index (χ4v) is 2.54. The van der Waals surface area contributed by atoms with Crippen molar-refractivity contribution in [3.8, 4) is 11.5 Å². The Kier molecular flexibility index (Phi) is 4.96. The fourth-order valence-electron chi connectivity index (χ4n) is 1.72. The Morgan fingerprint density at radius 3 is 2.41 bits per heavy atom. The quantitative estimate of drug-likeness (QED) is 0.848. The van der Waals surface area contributed by atoms with E-state index in [1.54, 1.807) is 13.2 Å². The highest BCUT2D eigenvalue weighted by Crippen LogP contribution is 2.42. The van der Waals surface area contributed by atoms with Crippen molar-refractivity contribution in [2.45, 2.75) is 12.8 Å². The van der Waals surface area contributed by atoms with Crippen molar-refractivity contribution in [3.63, 3.8) is 0 Å². The zero-order chi connectivity index (χ0) is 13.0. The second-order valence-electron chi connectivity index (χ2n) is 3.68. The summed E-state index contributed by atoms with van der Waals surface area (Å²) in [5.41, 5.74) is 7.03. The number of hydrogen-bond acceptors (Lipinski definition) is 4. The lowest BCUT2D eigenvalue weighted by Gasteiger charge is -2.19. The van der Waals surface area contributed by atoms with Crippen molar-refractivity contribution in [2.75, 3.05) is 20.8 Å². The maximum Gasteiger partial charge on any atom is 0.171 e. The third-order valence-electron chi connectivity index (χ3n) is 2.63. The predicted octanol–water partition coefficient (Wildman–Crippen LogP) is 2.34. The number of rotatable bonds is 5.